The van der Waals surface area contributed by atoms with Crippen molar-refractivity contribution in [2.24, 2.45) is 0 Å². The number of amides is 1. The van der Waals surface area contributed by atoms with Gasteiger partial charge in [-0.15, -0.1) is 24.9 Å². The lowest BCUT2D eigenvalue weighted by Crippen LogP contribution is -2.16. The summed E-state index contributed by atoms with van der Waals surface area (Å²) in [5, 5.41) is 12.3. The lowest BCUT2D eigenvalue weighted by atomic mass is 10.1. The van der Waals surface area contributed by atoms with Crippen LogP contribution < -0.4 is 10.1 Å². The number of hydrogen-bond acceptors (Lipinski definition) is 6. The van der Waals surface area contributed by atoms with Crippen molar-refractivity contribution in [3.63, 3.8) is 0 Å². The Morgan fingerprint density at radius 2 is 1.68 bits per heavy atom. The highest BCUT2D eigenvalue weighted by molar-refractivity contribution is 7.99. The molecule has 180 valence electrons. The Kier molecular flexibility index (Phi) is 7.78. The van der Waals surface area contributed by atoms with Gasteiger partial charge < -0.3 is 15.2 Å². The normalized spacial score (nSPS) is 11.8. The molecule has 0 spiro atoms. The van der Waals surface area contributed by atoms with Gasteiger partial charge in [0.25, 0.3) is 5.91 Å². The second-order valence-electron chi connectivity index (χ2n) is 7.22. The number of rotatable bonds is 8. The number of hydrogen-bond donors (Lipinski definition) is 2. The van der Waals surface area contributed by atoms with E-state index in [4.69, 9.17) is 0 Å². The molecule has 0 aromatic heterocycles. The largest absolute Gasteiger partial charge is 0.573 e. The van der Waals surface area contributed by atoms with Gasteiger partial charge in [-0.2, -0.15) is 0 Å². The molecule has 3 aromatic carbocycles. The quantitative estimate of drug-likeness (QED) is 0.316. The molecule has 11 heteroatoms. The predicted molar refractivity (Wildman–Crippen MR) is 123 cm³/mol. The molecule has 6 nitrogen and oxygen atoms in total. The maximum atomic E-state index is 12.5. The van der Waals surface area contributed by atoms with Gasteiger partial charge in [-0.25, -0.2) is 8.42 Å². The summed E-state index contributed by atoms with van der Waals surface area (Å²) >= 11 is 1.47. The monoisotopic (exact) mass is 511 g/mol. The van der Waals surface area contributed by atoms with Crippen molar-refractivity contribution in [3.05, 3.63) is 77.9 Å². The first-order valence-corrected chi connectivity index (χ1v) is 12.7. The van der Waals surface area contributed by atoms with Gasteiger partial charge in [0.2, 0.25) is 0 Å². The number of thioether (sulfide) groups is 1. The topological polar surface area (TPSA) is 92.7 Å². The van der Waals surface area contributed by atoms with Gasteiger partial charge in [0, 0.05) is 28.2 Å². The van der Waals surface area contributed by atoms with Crippen LogP contribution in [0.5, 0.6) is 11.5 Å². The number of anilines is 1. The molecule has 2 N–H and O–H groups in total. The van der Waals surface area contributed by atoms with Crippen LogP contribution in [0.2, 0.25) is 0 Å². The maximum absolute atomic E-state index is 12.5. The molecule has 3 rings (SSSR count). The first kappa shape index (κ1) is 25.4. The first-order chi connectivity index (χ1) is 15.9. The standard InChI is InChI=1S/C23H20F3NO5S2/c1-34(30,31)21-14-17(6-11-20(21)28)27-22(29)16-4-2-15(3-5-16)12-13-33-19-9-7-18(8-10-19)32-23(24,25)26/h2-11,14,28H,12-13H2,1H3,(H,27,29). The summed E-state index contributed by atoms with van der Waals surface area (Å²) in [6.45, 7) is 0. The van der Waals surface area contributed by atoms with Crippen LogP contribution in [-0.4, -0.2) is 37.8 Å². The van der Waals surface area contributed by atoms with E-state index >= 15 is 0 Å². The molecule has 0 aliphatic heterocycles. The van der Waals surface area contributed by atoms with Crippen molar-refractivity contribution in [2.45, 2.75) is 22.6 Å². The van der Waals surface area contributed by atoms with Crippen LogP contribution >= 0.6 is 11.8 Å². The summed E-state index contributed by atoms with van der Waals surface area (Å²) in [6, 6.07) is 16.3. The van der Waals surface area contributed by atoms with Crippen LogP contribution in [0, 0.1) is 0 Å². The van der Waals surface area contributed by atoms with Crippen molar-refractivity contribution in [3.8, 4) is 11.5 Å². The van der Waals surface area contributed by atoms with E-state index in [1.807, 2.05) is 0 Å². The molecule has 0 bridgehead atoms. The second-order valence-corrected chi connectivity index (χ2v) is 10.4. The minimum atomic E-state index is -4.72. The molecule has 0 aliphatic carbocycles. The van der Waals surface area contributed by atoms with Gasteiger partial charge in [-0.1, -0.05) is 12.1 Å². The smallest absolute Gasteiger partial charge is 0.507 e. The molecule has 0 radical (unpaired) electrons. The van der Waals surface area contributed by atoms with Crippen LogP contribution in [0.15, 0.2) is 76.5 Å². The average Bonchev–Trinajstić information content (AvgIpc) is 2.75. The Balaban J connectivity index is 1.53. The summed E-state index contributed by atoms with van der Waals surface area (Å²) in [7, 11) is -3.66. The van der Waals surface area contributed by atoms with Gasteiger partial charge in [0.1, 0.15) is 16.4 Å². The number of phenols is 1. The van der Waals surface area contributed by atoms with E-state index in [0.717, 1.165) is 16.7 Å². The van der Waals surface area contributed by atoms with Crippen LogP contribution in [0.3, 0.4) is 0 Å². The van der Waals surface area contributed by atoms with Crippen molar-refractivity contribution < 1.29 is 36.2 Å². The summed E-state index contributed by atoms with van der Waals surface area (Å²) in [4.78, 5) is 13.0. The molecule has 0 saturated carbocycles. The molecule has 0 atom stereocenters. The molecule has 0 saturated heterocycles. The Hall–Kier alpha value is -3.18. The minimum Gasteiger partial charge on any atom is -0.507 e. The first-order valence-electron chi connectivity index (χ1n) is 9.83. The van der Waals surface area contributed by atoms with Crippen molar-refractivity contribution in [1.82, 2.24) is 0 Å². The van der Waals surface area contributed by atoms with Crippen molar-refractivity contribution in [1.29, 1.82) is 0 Å². The fraction of sp³-hybridized carbons (Fsp3) is 0.174. The zero-order valence-electron chi connectivity index (χ0n) is 17.8. The van der Waals surface area contributed by atoms with E-state index in [1.165, 1.54) is 42.1 Å². The van der Waals surface area contributed by atoms with Gasteiger partial charge in [-0.3, -0.25) is 4.79 Å². The third kappa shape index (κ3) is 7.42. The zero-order valence-corrected chi connectivity index (χ0v) is 19.4. The Bertz CT molecular complexity index is 1260. The number of halogens is 3. The minimum absolute atomic E-state index is 0.232. The third-order valence-corrected chi connectivity index (χ3v) is 6.69. The van der Waals surface area contributed by atoms with Crippen LogP contribution in [0.25, 0.3) is 0 Å². The highest BCUT2D eigenvalue weighted by Gasteiger charge is 2.30. The van der Waals surface area contributed by atoms with Crippen LogP contribution in [0.1, 0.15) is 15.9 Å². The summed E-state index contributed by atoms with van der Waals surface area (Å²) in [6.07, 6.45) is -3.09. The molecule has 1 amide bonds. The molecule has 3 aromatic rings. The lowest BCUT2D eigenvalue weighted by Gasteiger charge is -2.10. The van der Waals surface area contributed by atoms with Gasteiger partial charge in [-0.05, 0) is 66.6 Å². The fourth-order valence-electron chi connectivity index (χ4n) is 2.94. The Morgan fingerprint density at radius 1 is 1.03 bits per heavy atom. The highest BCUT2D eigenvalue weighted by atomic mass is 32.2. The van der Waals surface area contributed by atoms with E-state index in [2.05, 4.69) is 10.1 Å². The van der Waals surface area contributed by atoms with E-state index in [1.54, 1.807) is 36.4 Å². The van der Waals surface area contributed by atoms with E-state index < -0.39 is 27.9 Å². The molecular formula is C23H20F3NO5S2. The fourth-order valence-corrected chi connectivity index (χ4v) is 4.63. The predicted octanol–water partition coefficient (Wildman–Crippen LogP) is 5.28. The SMILES string of the molecule is CS(=O)(=O)c1cc(NC(=O)c2ccc(CCSc3ccc(OC(F)(F)F)cc3)cc2)ccc1O. The molecule has 0 heterocycles. The summed E-state index contributed by atoms with van der Waals surface area (Å²) in [5.74, 6) is -0.432. The third-order valence-electron chi connectivity index (χ3n) is 4.55. The number of aryl methyl sites for hydroxylation is 1. The summed E-state index contributed by atoms with van der Waals surface area (Å²) < 4.78 is 63.9. The van der Waals surface area contributed by atoms with Crippen molar-refractivity contribution >= 4 is 33.2 Å². The maximum Gasteiger partial charge on any atom is 0.573 e. The number of aromatic hydroxyl groups is 1. The molecular weight excluding hydrogens is 491 g/mol. The van der Waals surface area contributed by atoms with Crippen molar-refractivity contribution in [2.75, 3.05) is 17.3 Å². The number of alkyl halides is 3. The number of sulfone groups is 1. The Morgan fingerprint density at radius 3 is 2.26 bits per heavy atom. The van der Waals surface area contributed by atoms with Gasteiger partial charge >= 0.3 is 6.36 Å². The number of nitrogens with one attached hydrogen (secondary N) is 1. The zero-order chi connectivity index (χ0) is 24.9. The van der Waals surface area contributed by atoms with Gasteiger partial charge in [0.15, 0.2) is 9.84 Å². The number of phenolic OH excluding ortho intramolecular Hbond substituents is 1. The molecule has 0 unspecified atom stereocenters. The van der Waals surface area contributed by atoms with E-state index in [-0.39, 0.29) is 16.3 Å². The van der Waals surface area contributed by atoms with E-state index in [0.29, 0.717) is 17.7 Å². The summed E-state index contributed by atoms with van der Waals surface area (Å²) in [5.41, 5.74) is 1.56. The van der Waals surface area contributed by atoms with Crippen LogP contribution in [-0.2, 0) is 16.3 Å². The average molecular weight is 512 g/mol. The Labute approximate surface area is 198 Å². The lowest BCUT2D eigenvalue weighted by molar-refractivity contribution is -0.274. The number of carbonyl (C=O) groups excluding carboxylic acids is 1. The number of benzene rings is 3. The molecule has 34 heavy (non-hydrogen) atoms. The molecule has 0 fully saturated rings. The number of carbonyl (C=O) groups is 1. The highest BCUT2D eigenvalue weighted by Crippen LogP contribution is 2.27. The van der Waals surface area contributed by atoms with Gasteiger partial charge in [0.05, 0.1) is 0 Å². The molecule has 0 aliphatic rings. The van der Waals surface area contributed by atoms with Crippen LogP contribution in [0.4, 0.5) is 18.9 Å². The second kappa shape index (κ2) is 10.4. The number of ether oxygens (including phenoxy) is 1. The van der Waals surface area contributed by atoms with E-state index in [9.17, 15) is 31.5 Å².